The lowest BCUT2D eigenvalue weighted by Gasteiger charge is -2.33. The number of rotatable bonds is 8. The Bertz CT molecular complexity index is 1080. The van der Waals surface area contributed by atoms with Gasteiger partial charge in [-0.3, -0.25) is 13.9 Å². The van der Waals surface area contributed by atoms with E-state index in [-0.39, 0.29) is 35.6 Å². The molecule has 0 aromatic heterocycles. The zero-order chi connectivity index (χ0) is 24.0. The molecule has 8 nitrogen and oxygen atoms in total. The van der Waals surface area contributed by atoms with Crippen molar-refractivity contribution in [3.63, 3.8) is 0 Å². The lowest BCUT2D eigenvalue weighted by molar-refractivity contribution is -0.151. The number of methoxy groups -OCH3 is 1. The molecular formula is C23H27FN2O6S. The van der Waals surface area contributed by atoms with Crippen LogP contribution in [-0.4, -0.2) is 58.5 Å². The molecule has 0 unspecified atom stereocenters. The summed E-state index contributed by atoms with van der Waals surface area (Å²) in [6.45, 7) is 2.03. The summed E-state index contributed by atoms with van der Waals surface area (Å²) >= 11 is 0. The molecule has 0 aliphatic carbocycles. The first-order chi connectivity index (χ1) is 15.8. The molecule has 3 rings (SSSR count). The van der Waals surface area contributed by atoms with Crippen molar-refractivity contribution in [1.82, 2.24) is 4.90 Å². The number of hydrogen-bond acceptors (Lipinski definition) is 6. The summed E-state index contributed by atoms with van der Waals surface area (Å²) in [5, 5.41) is 0. The number of carbonyl (C=O) groups is 2. The third-order valence-corrected chi connectivity index (χ3v) is 7.29. The highest BCUT2D eigenvalue weighted by molar-refractivity contribution is 7.92. The number of ether oxygens (including phenoxy) is 2. The number of anilines is 1. The van der Waals surface area contributed by atoms with E-state index in [1.807, 2.05) is 0 Å². The summed E-state index contributed by atoms with van der Waals surface area (Å²) in [7, 11) is -2.79. The molecule has 0 N–H and O–H groups in total. The number of benzene rings is 2. The number of sulfonamides is 1. The molecule has 10 heteroatoms. The summed E-state index contributed by atoms with van der Waals surface area (Å²) in [6.07, 6.45) is 0.852. The number of hydrogen-bond donors (Lipinski definition) is 0. The van der Waals surface area contributed by atoms with Crippen LogP contribution in [0.4, 0.5) is 10.1 Å². The molecular weight excluding hydrogens is 451 g/mol. The van der Waals surface area contributed by atoms with Crippen LogP contribution in [0.2, 0.25) is 0 Å². The minimum Gasteiger partial charge on any atom is -0.497 e. The van der Waals surface area contributed by atoms with Crippen molar-refractivity contribution in [3.05, 3.63) is 54.3 Å². The number of amides is 1. The third-order valence-electron chi connectivity index (χ3n) is 5.52. The summed E-state index contributed by atoms with van der Waals surface area (Å²) < 4.78 is 52.3. The Balaban J connectivity index is 1.83. The van der Waals surface area contributed by atoms with Crippen LogP contribution in [0.1, 0.15) is 19.8 Å². The van der Waals surface area contributed by atoms with E-state index in [1.54, 1.807) is 6.92 Å². The number of likely N-dealkylation sites (tertiary alicyclic amines) is 1. The molecule has 2 aromatic carbocycles. The van der Waals surface area contributed by atoms with Crippen LogP contribution in [0.3, 0.4) is 0 Å². The Morgan fingerprint density at radius 1 is 1.09 bits per heavy atom. The van der Waals surface area contributed by atoms with Gasteiger partial charge in [-0.05, 0) is 56.2 Å². The van der Waals surface area contributed by atoms with Gasteiger partial charge < -0.3 is 14.4 Å². The Kier molecular flexibility index (Phi) is 7.91. The topological polar surface area (TPSA) is 93.2 Å². The smallest absolute Gasteiger partial charge is 0.309 e. The number of nitrogens with zero attached hydrogens (tertiary/aromatic N) is 2. The minimum atomic E-state index is -4.25. The standard InChI is InChI=1S/C23H27FN2O6S/c1-3-32-23(28)17-12-14-25(15-13-17)22(27)16-26(21-7-5-4-6-20(21)24)33(29,30)19-10-8-18(31-2)9-11-19/h4-11,17H,3,12-16H2,1-2H3. The number of piperidine rings is 1. The number of esters is 1. The molecule has 1 amide bonds. The zero-order valence-corrected chi connectivity index (χ0v) is 19.4. The first kappa shape index (κ1) is 24.5. The van der Waals surface area contributed by atoms with E-state index in [2.05, 4.69) is 0 Å². The summed E-state index contributed by atoms with van der Waals surface area (Å²) in [6, 6.07) is 11.1. The normalized spacial score (nSPS) is 14.6. The van der Waals surface area contributed by atoms with Gasteiger partial charge in [0.2, 0.25) is 5.91 Å². The van der Waals surface area contributed by atoms with Gasteiger partial charge in [-0.25, -0.2) is 12.8 Å². The molecule has 0 atom stereocenters. The van der Waals surface area contributed by atoms with E-state index in [1.165, 1.54) is 54.5 Å². The highest BCUT2D eigenvalue weighted by Gasteiger charge is 2.33. The van der Waals surface area contributed by atoms with Crippen molar-refractivity contribution in [2.75, 3.05) is 37.7 Å². The molecule has 1 aliphatic heterocycles. The lowest BCUT2D eigenvalue weighted by atomic mass is 9.97. The quantitative estimate of drug-likeness (QED) is 0.542. The second-order valence-electron chi connectivity index (χ2n) is 7.55. The molecule has 0 spiro atoms. The fraction of sp³-hybridized carbons (Fsp3) is 0.391. The summed E-state index contributed by atoms with van der Waals surface area (Å²) in [5.41, 5.74) is -0.219. The first-order valence-corrected chi connectivity index (χ1v) is 12.1. The van der Waals surface area contributed by atoms with Gasteiger partial charge in [0, 0.05) is 13.1 Å². The third kappa shape index (κ3) is 5.62. The van der Waals surface area contributed by atoms with E-state index in [0.29, 0.717) is 25.2 Å². The van der Waals surface area contributed by atoms with E-state index in [4.69, 9.17) is 9.47 Å². The van der Waals surface area contributed by atoms with Gasteiger partial charge in [0.15, 0.2) is 0 Å². The minimum absolute atomic E-state index is 0.0969. The first-order valence-electron chi connectivity index (χ1n) is 10.6. The molecule has 1 fully saturated rings. The molecule has 1 aliphatic rings. The van der Waals surface area contributed by atoms with Gasteiger partial charge in [0.05, 0.1) is 30.2 Å². The van der Waals surface area contributed by atoms with Crippen molar-refractivity contribution in [3.8, 4) is 5.75 Å². The van der Waals surface area contributed by atoms with E-state index in [0.717, 1.165) is 10.4 Å². The monoisotopic (exact) mass is 478 g/mol. The van der Waals surface area contributed by atoms with Gasteiger partial charge >= 0.3 is 5.97 Å². The number of carbonyl (C=O) groups excluding carboxylic acids is 2. The molecule has 2 aromatic rings. The van der Waals surface area contributed by atoms with Crippen LogP contribution in [0.5, 0.6) is 5.75 Å². The molecule has 0 radical (unpaired) electrons. The maximum absolute atomic E-state index is 14.6. The molecule has 1 heterocycles. The molecule has 0 bridgehead atoms. The van der Waals surface area contributed by atoms with Crippen LogP contribution in [0.15, 0.2) is 53.4 Å². The Morgan fingerprint density at radius 3 is 2.30 bits per heavy atom. The van der Waals surface area contributed by atoms with E-state index < -0.39 is 28.3 Å². The average Bonchev–Trinajstić information content (AvgIpc) is 2.83. The van der Waals surface area contributed by atoms with Crippen molar-refractivity contribution >= 4 is 27.6 Å². The van der Waals surface area contributed by atoms with Crippen LogP contribution < -0.4 is 9.04 Å². The summed E-state index contributed by atoms with van der Waals surface area (Å²) in [5.74, 6) is -1.35. The number of halogens is 1. The van der Waals surface area contributed by atoms with Gasteiger partial charge in [0.25, 0.3) is 10.0 Å². The average molecular weight is 479 g/mol. The highest BCUT2D eigenvalue weighted by atomic mass is 32.2. The second-order valence-corrected chi connectivity index (χ2v) is 9.41. The lowest BCUT2D eigenvalue weighted by Crippen LogP contribution is -2.47. The maximum Gasteiger partial charge on any atom is 0.309 e. The van der Waals surface area contributed by atoms with Crippen molar-refractivity contribution in [2.45, 2.75) is 24.7 Å². The van der Waals surface area contributed by atoms with Gasteiger partial charge in [0.1, 0.15) is 18.1 Å². The zero-order valence-electron chi connectivity index (χ0n) is 18.6. The Labute approximate surface area is 192 Å². The Morgan fingerprint density at radius 2 is 1.73 bits per heavy atom. The van der Waals surface area contributed by atoms with E-state index in [9.17, 15) is 22.4 Å². The van der Waals surface area contributed by atoms with Gasteiger partial charge in [-0.1, -0.05) is 12.1 Å². The van der Waals surface area contributed by atoms with Gasteiger partial charge in [-0.2, -0.15) is 0 Å². The molecule has 178 valence electrons. The van der Waals surface area contributed by atoms with Gasteiger partial charge in [-0.15, -0.1) is 0 Å². The highest BCUT2D eigenvalue weighted by Crippen LogP contribution is 2.28. The van der Waals surface area contributed by atoms with Crippen molar-refractivity contribution in [1.29, 1.82) is 0 Å². The van der Waals surface area contributed by atoms with Crippen LogP contribution in [-0.2, 0) is 24.3 Å². The molecule has 1 saturated heterocycles. The SMILES string of the molecule is CCOC(=O)C1CCN(C(=O)CN(c2ccccc2F)S(=O)(=O)c2ccc(OC)cc2)CC1. The predicted octanol–water partition coefficient (Wildman–Crippen LogP) is 2.83. The van der Waals surface area contributed by atoms with Crippen LogP contribution >= 0.6 is 0 Å². The van der Waals surface area contributed by atoms with E-state index >= 15 is 0 Å². The van der Waals surface area contributed by atoms with Crippen LogP contribution in [0, 0.1) is 11.7 Å². The molecule has 0 saturated carbocycles. The fourth-order valence-electron chi connectivity index (χ4n) is 3.68. The van der Waals surface area contributed by atoms with Crippen LogP contribution in [0.25, 0.3) is 0 Å². The predicted molar refractivity (Wildman–Crippen MR) is 120 cm³/mol. The Hall–Kier alpha value is -3.14. The second kappa shape index (κ2) is 10.7. The fourth-order valence-corrected chi connectivity index (χ4v) is 5.10. The number of para-hydroxylation sites is 1. The maximum atomic E-state index is 14.6. The van der Waals surface area contributed by atoms with Crippen molar-refractivity contribution in [2.24, 2.45) is 5.92 Å². The molecule has 33 heavy (non-hydrogen) atoms. The summed E-state index contributed by atoms with van der Waals surface area (Å²) in [4.78, 5) is 26.4. The van der Waals surface area contributed by atoms with Crippen molar-refractivity contribution < 1.29 is 31.9 Å². The largest absolute Gasteiger partial charge is 0.497 e.